The Balaban J connectivity index is 2.58. The van der Waals surface area contributed by atoms with Crippen molar-refractivity contribution < 1.29 is 22.0 Å². The fourth-order valence-corrected chi connectivity index (χ4v) is 2.05. The van der Waals surface area contributed by atoms with E-state index >= 15 is 0 Å². The van der Waals surface area contributed by atoms with Crippen LogP contribution in [0.2, 0.25) is 0 Å². The van der Waals surface area contributed by atoms with E-state index in [1.807, 2.05) is 6.92 Å². The van der Waals surface area contributed by atoms with E-state index in [0.717, 1.165) is 0 Å². The van der Waals surface area contributed by atoms with E-state index in [9.17, 15) is 22.0 Å². The molecule has 0 saturated carbocycles. The van der Waals surface area contributed by atoms with Crippen molar-refractivity contribution in [2.75, 3.05) is 0 Å². The molecule has 0 fully saturated rings. The summed E-state index contributed by atoms with van der Waals surface area (Å²) in [6, 6.07) is -0.137. The molecule has 0 amide bonds. The van der Waals surface area contributed by atoms with Gasteiger partial charge in [0.25, 0.3) is 0 Å². The molecule has 2 aromatic rings. The van der Waals surface area contributed by atoms with Gasteiger partial charge in [0.1, 0.15) is 0 Å². The highest BCUT2D eigenvalue weighted by Gasteiger charge is 2.30. The van der Waals surface area contributed by atoms with Crippen molar-refractivity contribution in [3.8, 4) is 0 Å². The summed E-state index contributed by atoms with van der Waals surface area (Å²) >= 11 is 0. The molecule has 1 heterocycles. The Kier molecular flexibility index (Phi) is 4.26. The van der Waals surface area contributed by atoms with Gasteiger partial charge in [0, 0.05) is 12.7 Å². The predicted octanol–water partition coefficient (Wildman–Crippen LogP) is 3.04. The zero-order chi connectivity index (χ0) is 15.7. The number of aryl methyl sites for hydroxylation is 1. The zero-order valence-corrected chi connectivity index (χ0v) is 11.0. The molecule has 0 aliphatic carbocycles. The summed E-state index contributed by atoms with van der Waals surface area (Å²) in [5.74, 6) is -10.1. The second-order valence-electron chi connectivity index (χ2n) is 4.44. The minimum Gasteiger partial charge on any atom is -0.319 e. The molecule has 0 spiro atoms. The summed E-state index contributed by atoms with van der Waals surface area (Å²) in [6.45, 7) is 2.25. The van der Waals surface area contributed by atoms with Gasteiger partial charge in [-0.15, -0.1) is 0 Å². The van der Waals surface area contributed by atoms with Crippen LogP contribution in [-0.4, -0.2) is 9.78 Å². The summed E-state index contributed by atoms with van der Waals surface area (Å²) < 4.78 is 68.3. The van der Waals surface area contributed by atoms with Crippen molar-refractivity contribution in [3.63, 3.8) is 0 Å². The van der Waals surface area contributed by atoms with Crippen LogP contribution in [0.1, 0.15) is 30.6 Å². The SMILES string of the molecule is CCCn1nccc1C(N)c1c(F)c(F)c(F)c(F)c1F. The molecule has 0 bridgehead atoms. The third-order valence-corrected chi connectivity index (χ3v) is 3.06. The highest BCUT2D eigenvalue weighted by molar-refractivity contribution is 5.32. The highest BCUT2D eigenvalue weighted by Crippen LogP contribution is 2.30. The van der Waals surface area contributed by atoms with Gasteiger partial charge in [0.05, 0.1) is 17.3 Å². The van der Waals surface area contributed by atoms with Crippen molar-refractivity contribution in [3.05, 3.63) is 52.6 Å². The van der Waals surface area contributed by atoms with Crippen LogP contribution in [0.5, 0.6) is 0 Å². The Morgan fingerprint density at radius 3 is 2.10 bits per heavy atom. The van der Waals surface area contributed by atoms with E-state index < -0.39 is 40.7 Å². The standard InChI is InChI=1S/C13H12F5N3/c1-2-5-21-6(3-4-20-21)13(19)7-8(14)10(16)12(18)11(17)9(7)15/h3-4,13H,2,5,19H2,1H3. The molecule has 2 N–H and O–H groups in total. The Hall–Kier alpha value is -1.96. The second-order valence-corrected chi connectivity index (χ2v) is 4.44. The number of halogens is 5. The van der Waals surface area contributed by atoms with Gasteiger partial charge in [-0.3, -0.25) is 4.68 Å². The third-order valence-electron chi connectivity index (χ3n) is 3.06. The van der Waals surface area contributed by atoms with Crippen LogP contribution in [0.15, 0.2) is 12.3 Å². The Labute approximate surface area is 117 Å². The van der Waals surface area contributed by atoms with Crippen molar-refractivity contribution in [1.82, 2.24) is 9.78 Å². The molecule has 1 atom stereocenters. The molecule has 1 aromatic heterocycles. The lowest BCUT2D eigenvalue weighted by atomic mass is 10.0. The Morgan fingerprint density at radius 2 is 1.57 bits per heavy atom. The number of hydrogen-bond donors (Lipinski definition) is 1. The molecule has 3 nitrogen and oxygen atoms in total. The highest BCUT2D eigenvalue weighted by atomic mass is 19.2. The summed E-state index contributed by atoms with van der Waals surface area (Å²) in [7, 11) is 0. The molecule has 0 aliphatic heterocycles. The van der Waals surface area contributed by atoms with Gasteiger partial charge in [-0.25, -0.2) is 22.0 Å². The van der Waals surface area contributed by atoms with Crippen LogP contribution in [0.4, 0.5) is 22.0 Å². The van der Waals surface area contributed by atoms with Gasteiger partial charge >= 0.3 is 0 Å². The quantitative estimate of drug-likeness (QED) is 0.536. The van der Waals surface area contributed by atoms with Crippen LogP contribution in [-0.2, 0) is 6.54 Å². The van der Waals surface area contributed by atoms with Gasteiger partial charge in [-0.05, 0) is 12.5 Å². The summed E-state index contributed by atoms with van der Waals surface area (Å²) in [6.07, 6.45) is 2.01. The zero-order valence-electron chi connectivity index (χ0n) is 11.0. The van der Waals surface area contributed by atoms with Gasteiger partial charge < -0.3 is 5.73 Å². The first kappa shape index (κ1) is 15.4. The number of nitrogens with zero attached hydrogens (tertiary/aromatic N) is 2. The van der Waals surface area contributed by atoms with Crippen LogP contribution < -0.4 is 5.73 Å². The van der Waals surface area contributed by atoms with Crippen LogP contribution in [0, 0.1) is 29.1 Å². The lowest BCUT2D eigenvalue weighted by molar-refractivity contribution is 0.365. The summed E-state index contributed by atoms with van der Waals surface area (Å²) in [5, 5.41) is 3.90. The first-order chi connectivity index (χ1) is 9.90. The summed E-state index contributed by atoms with van der Waals surface area (Å²) in [5.41, 5.74) is 4.79. The maximum absolute atomic E-state index is 13.7. The van der Waals surface area contributed by atoms with Crippen molar-refractivity contribution in [2.24, 2.45) is 5.73 Å². The van der Waals surface area contributed by atoms with E-state index in [4.69, 9.17) is 5.73 Å². The maximum atomic E-state index is 13.7. The first-order valence-corrected chi connectivity index (χ1v) is 6.18. The molecule has 2 rings (SSSR count). The van der Waals surface area contributed by atoms with Crippen LogP contribution in [0.3, 0.4) is 0 Å². The number of rotatable bonds is 4. The molecule has 1 aromatic carbocycles. The number of nitrogens with two attached hydrogens (primary N) is 1. The van der Waals surface area contributed by atoms with Crippen LogP contribution >= 0.6 is 0 Å². The average Bonchev–Trinajstić information content (AvgIpc) is 2.92. The molecule has 0 aliphatic rings. The predicted molar refractivity (Wildman–Crippen MR) is 64.8 cm³/mol. The van der Waals surface area contributed by atoms with E-state index in [-0.39, 0.29) is 5.69 Å². The van der Waals surface area contributed by atoms with Crippen molar-refractivity contribution in [1.29, 1.82) is 0 Å². The molecular formula is C13H12F5N3. The third kappa shape index (κ3) is 2.51. The topological polar surface area (TPSA) is 43.8 Å². The van der Waals surface area contributed by atoms with Gasteiger partial charge in [0.2, 0.25) is 5.82 Å². The van der Waals surface area contributed by atoms with E-state index in [2.05, 4.69) is 5.10 Å². The minimum absolute atomic E-state index is 0.167. The molecule has 0 radical (unpaired) electrons. The van der Waals surface area contributed by atoms with Crippen molar-refractivity contribution in [2.45, 2.75) is 25.9 Å². The van der Waals surface area contributed by atoms with E-state index in [1.165, 1.54) is 16.9 Å². The first-order valence-electron chi connectivity index (χ1n) is 6.18. The molecule has 114 valence electrons. The normalized spacial score (nSPS) is 12.7. The number of aromatic nitrogens is 2. The molecular weight excluding hydrogens is 293 g/mol. The monoisotopic (exact) mass is 305 g/mol. The van der Waals surface area contributed by atoms with Crippen LogP contribution in [0.25, 0.3) is 0 Å². The van der Waals surface area contributed by atoms with Gasteiger partial charge in [0.15, 0.2) is 23.3 Å². The second kappa shape index (κ2) is 5.80. The van der Waals surface area contributed by atoms with Gasteiger partial charge in [-0.2, -0.15) is 5.10 Å². The lowest BCUT2D eigenvalue weighted by Crippen LogP contribution is -2.22. The fraction of sp³-hybridized carbons (Fsp3) is 0.308. The average molecular weight is 305 g/mol. The largest absolute Gasteiger partial charge is 0.319 e. The minimum atomic E-state index is -2.21. The molecule has 0 saturated heterocycles. The van der Waals surface area contributed by atoms with E-state index in [1.54, 1.807) is 0 Å². The summed E-state index contributed by atoms with van der Waals surface area (Å²) in [4.78, 5) is 0. The number of benzene rings is 1. The smallest absolute Gasteiger partial charge is 0.200 e. The number of hydrogen-bond acceptors (Lipinski definition) is 2. The molecule has 21 heavy (non-hydrogen) atoms. The Bertz CT molecular complexity index is 639. The van der Waals surface area contributed by atoms with E-state index in [0.29, 0.717) is 13.0 Å². The molecule has 1 unspecified atom stereocenters. The Morgan fingerprint density at radius 1 is 1.05 bits per heavy atom. The van der Waals surface area contributed by atoms with Crippen molar-refractivity contribution >= 4 is 0 Å². The fourth-order valence-electron chi connectivity index (χ4n) is 2.05. The maximum Gasteiger partial charge on any atom is 0.200 e. The lowest BCUT2D eigenvalue weighted by Gasteiger charge is -2.16. The molecule has 8 heteroatoms. The van der Waals surface area contributed by atoms with Gasteiger partial charge in [-0.1, -0.05) is 6.92 Å².